The van der Waals surface area contributed by atoms with Crippen LogP contribution < -0.4 is 15.0 Å². The van der Waals surface area contributed by atoms with E-state index in [0.717, 1.165) is 17.5 Å². The molecule has 0 aliphatic carbocycles. The molecule has 1 saturated heterocycles. The van der Waals surface area contributed by atoms with Crippen molar-refractivity contribution in [1.29, 1.82) is 0 Å². The molecular weight excluding hydrogens is 373 g/mol. The number of hydrogen-bond acceptors (Lipinski definition) is 4. The molecule has 0 radical (unpaired) electrons. The Labute approximate surface area is 161 Å². The maximum atomic E-state index is 13.2. The third kappa shape index (κ3) is 4.31. The molecule has 8 heteroatoms. The zero-order valence-corrected chi connectivity index (χ0v) is 15.5. The molecule has 1 aliphatic rings. The van der Waals surface area contributed by atoms with Crippen molar-refractivity contribution in [2.75, 3.05) is 43.5 Å². The van der Waals surface area contributed by atoms with E-state index in [2.05, 4.69) is 10.2 Å². The van der Waals surface area contributed by atoms with Gasteiger partial charge in [-0.2, -0.15) is 0 Å². The highest BCUT2D eigenvalue weighted by Gasteiger charge is 2.27. The average Bonchev–Trinajstić information content (AvgIpc) is 2.70. The molecule has 1 fully saturated rings. The molecule has 2 aromatic carbocycles. The van der Waals surface area contributed by atoms with Gasteiger partial charge in [-0.05, 0) is 30.3 Å². The van der Waals surface area contributed by atoms with Crippen LogP contribution in [0.15, 0.2) is 42.5 Å². The summed E-state index contributed by atoms with van der Waals surface area (Å²) in [5, 5.41) is 2.33. The molecule has 142 valence electrons. The molecule has 1 heterocycles. The molecule has 2 amide bonds. The summed E-state index contributed by atoms with van der Waals surface area (Å²) in [7, 11) is 1.62. The topological polar surface area (TPSA) is 61.9 Å². The minimum absolute atomic E-state index is 0.120. The van der Waals surface area contributed by atoms with Gasteiger partial charge in [-0.25, -0.2) is 4.39 Å². The maximum absolute atomic E-state index is 13.2. The molecule has 0 saturated carbocycles. The number of carbonyl (C=O) groups is 2. The van der Waals surface area contributed by atoms with Crippen LogP contribution in [0.3, 0.4) is 0 Å². The molecule has 6 nitrogen and oxygen atoms in total. The van der Waals surface area contributed by atoms with E-state index in [4.69, 9.17) is 16.3 Å². The predicted molar refractivity (Wildman–Crippen MR) is 102 cm³/mol. The summed E-state index contributed by atoms with van der Waals surface area (Å²) in [6, 6.07) is 11.4. The third-order valence-electron chi connectivity index (χ3n) is 4.36. The number of rotatable bonds is 3. The van der Waals surface area contributed by atoms with Crippen LogP contribution in [-0.4, -0.2) is 50.0 Å². The second-order valence-electron chi connectivity index (χ2n) is 6.03. The van der Waals surface area contributed by atoms with E-state index < -0.39 is 17.6 Å². The van der Waals surface area contributed by atoms with E-state index in [1.807, 2.05) is 24.3 Å². The summed E-state index contributed by atoms with van der Waals surface area (Å²) in [6.45, 7) is 1.99. The largest absolute Gasteiger partial charge is 0.495 e. The number of nitrogens with one attached hydrogen (secondary N) is 1. The van der Waals surface area contributed by atoms with Gasteiger partial charge in [0.05, 0.1) is 17.8 Å². The van der Waals surface area contributed by atoms with Crippen LogP contribution in [0.25, 0.3) is 0 Å². The molecule has 0 unspecified atom stereocenters. The summed E-state index contributed by atoms with van der Waals surface area (Å²) in [5.41, 5.74) is 1.23. The van der Waals surface area contributed by atoms with Crippen LogP contribution in [-0.2, 0) is 9.59 Å². The molecule has 0 atom stereocenters. The maximum Gasteiger partial charge on any atom is 0.313 e. The van der Waals surface area contributed by atoms with Gasteiger partial charge in [0.15, 0.2) is 0 Å². The quantitative estimate of drug-likeness (QED) is 0.817. The first-order valence-electron chi connectivity index (χ1n) is 8.43. The SMILES string of the molecule is COc1ccccc1N1CCN(C(=O)C(=O)Nc2ccc(F)c(Cl)c2)CC1. The molecule has 1 aliphatic heterocycles. The number of piperazine rings is 1. The second kappa shape index (κ2) is 8.26. The molecule has 27 heavy (non-hydrogen) atoms. The number of nitrogens with zero attached hydrogens (tertiary/aromatic N) is 2. The van der Waals surface area contributed by atoms with E-state index in [9.17, 15) is 14.0 Å². The number of para-hydroxylation sites is 2. The summed E-state index contributed by atoms with van der Waals surface area (Å²) in [6.07, 6.45) is 0. The van der Waals surface area contributed by atoms with Gasteiger partial charge in [0.1, 0.15) is 11.6 Å². The number of methoxy groups -OCH3 is 1. The van der Waals surface area contributed by atoms with Crippen LogP contribution in [0.1, 0.15) is 0 Å². The van der Waals surface area contributed by atoms with Gasteiger partial charge in [-0.3, -0.25) is 9.59 Å². The Hall–Kier alpha value is -2.80. The van der Waals surface area contributed by atoms with Gasteiger partial charge in [-0.15, -0.1) is 0 Å². The zero-order chi connectivity index (χ0) is 19.4. The Morgan fingerprint density at radius 1 is 1.11 bits per heavy atom. The van der Waals surface area contributed by atoms with E-state index in [1.54, 1.807) is 7.11 Å². The monoisotopic (exact) mass is 391 g/mol. The van der Waals surface area contributed by atoms with Crippen LogP contribution in [0.4, 0.5) is 15.8 Å². The van der Waals surface area contributed by atoms with E-state index in [-0.39, 0.29) is 10.7 Å². The Morgan fingerprint density at radius 3 is 2.48 bits per heavy atom. The minimum Gasteiger partial charge on any atom is -0.495 e. The number of ether oxygens (including phenoxy) is 1. The smallest absolute Gasteiger partial charge is 0.313 e. The van der Waals surface area contributed by atoms with E-state index in [0.29, 0.717) is 26.2 Å². The fourth-order valence-corrected chi connectivity index (χ4v) is 3.12. The van der Waals surface area contributed by atoms with Gasteiger partial charge in [0.25, 0.3) is 0 Å². The summed E-state index contributed by atoms with van der Waals surface area (Å²) in [4.78, 5) is 28.2. The Kier molecular flexibility index (Phi) is 5.81. The minimum atomic E-state index is -0.775. The van der Waals surface area contributed by atoms with Crippen molar-refractivity contribution in [2.45, 2.75) is 0 Å². The van der Waals surface area contributed by atoms with Crippen molar-refractivity contribution in [3.05, 3.63) is 53.3 Å². The lowest BCUT2D eigenvalue weighted by Gasteiger charge is -2.36. The van der Waals surface area contributed by atoms with Gasteiger partial charge in [0, 0.05) is 31.9 Å². The lowest BCUT2D eigenvalue weighted by molar-refractivity contribution is -0.143. The molecule has 3 rings (SSSR count). The number of halogens is 2. The number of hydrogen-bond donors (Lipinski definition) is 1. The highest BCUT2D eigenvalue weighted by atomic mass is 35.5. The lowest BCUT2D eigenvalue weighted by Crippen LogP contribution is -2.51. The first-order chi connectivity index (χ1) is 13.0. The van der Waals surface area contributed by atoms with Crippen LogP contribution in [0, 0.1) is 5.82 Å². The Balaban J connectivity index is 1.59. The van der Waals surface area contributed by atoms with Gasteiger partial charge >= 0.3 is 11.8 Å². The molecule has 0 aromatic heterocycles. The molecule has 0 spiro atoms. The van der Waals surface area contributed by atoms with Crippen molar-refractivity contribution in [2.24, 2.45) is 0 Å². The van der Waals surface area contributed by atoms with Crippen LogP contribution in [0.2, 0.25) is 5.02 Å². The summed E-state index contributed by atoms with van der Waals surface area (Å²) < 4.78 is 18.6. The Bertz CT molecular complexity index is 854. The van der Waals surface area contributed by atoms with Gasteiger partial charge in [-0.1, -0.05) is 23.7 Å². The third-order valence-corrected chi connectivity index (χ3v) is 4.65. The van der Waals surface area contributed by atoms with E-state index in [1.165, 1.54) is 17.0 Å². The molecule has 2 aromatic rings. The van der Waals surface area contributed by atoms with Crippen LogP contribution in [0.5, 0.6) is 5.75 Å². The fourth-order valence-electron chi connectivity index (χ4n) is 2.94. The Morgan fingerprint density at radius 2 is 1.81 bits per heavy atom. The lowest BCUT2D eigenvalue weighted by atomic mass is 10.2. The van der Waals surface area contributed by atoms with Crippen molar-refractivity contribution in [1.82, 2.24) is 4.90 Å². The molecule has 1 N–H and O–H groups in total. The molecular formula is C19H19ClFN3O3. The van der Waals surface area contributed by atoms with Crippen molar-refractivity contribution >= 4 is 34.8 Å². The van der Waals surface area contributed by atoms with Crippen molar-refractivity contribution in [3.63, 3.8) is 0 Å². The summed E-state index contributed by atoms with van der Waals surface area (Å²) >= 11 is 5.69. The number of benzene rings is 2. The van der Waals surface area contributed by atoms with Crippen molar-refractivity contribution < 1.29 is 18.7 Å². The number of anilines is 2. The normalized spacial score (nSPS) is 14.0. The first-order valence-corrected chi connectivity index (χ1v) is 8.80. The second-order valence-corrected chi connectivity index (χ2v) is 6.44. The molecule has 0 bridgehead atoms. The predicted octanol–water partition coefficient (Wildman–Crippen LogP) is 2.78. The van der Waals surface area contributed by atoms with E-state index >= 15 is 0 Å². The number of carbonyl (C=O) groups excluding carboxylic acids is 2. The van der Waals surface area contributed by atoms with Gasteiger partial charge in [0.2, 0.25) is 0 Å². The average molecular weight is 392 g/mol. The highest BCUT2D eigenvalue weighted by molar-refractivity contribution is 6.39. The van der Waals surface area contributed by atoms with Crippen LogP contribution >= 0.6 is 11.6 Å². The van der Waals surface area contributed by atoms with Crippen molar-refractivity contribution in [3.8, 4) is 5.75 Å². The van der Waals surface area contributed by atoms with Gasteiger partial charge < -0.3 is 19.9 Å². The zero-order valence-electron chi connectivity index (χ0n) is 14.7. The standard InChI is InChI=1S/C19H19ClFN3O3/c1-27-17-5-3-2-4-16(17)23-8-10-24(11-9-23)19(26)18(25)22-13-6-7-15(21)14(20)12-13/h2-7,12H,8-11H2,1H3,(H,22,25). The first kappa shape index (κ1) is 19.0. The summed E-state index contributed by atoms with van der Waals surface area (Å²) in [5.74, 6) is -1.23. The fraction of sp³-hybridized carbons (Fsp3) is 0.263. The number of amides is 2. The highest BCUT2D eigenvalue weighted by Crippen LogP contribution is 2.28.